The van der Waals surface area contributed by atoms with Gasteiger partial charge in [-0.1, -0.05) is 12.1 Å². The highest BCUT2D eigenvalue weighted by atomic mass is 16.5. The summed E-state index contributed by atoms with van der Waals surface area (Å²) in [6.45, 7) is 7.38. The molecule has 0 aromatic carbocycles. The van der Waals surface area contributed by atoms with Crippen molar-refractivity contribution in [2.75, 3.05) is 39.8 Å². The molecule has 2 unspecified atom stereocenters. The summed E-state index contributed by atoms with van der Waals surface area (Å²) in [5.74, 6) is 1.47. The van der Waals surface area contributed by atoms with Gasteiger partial charge in [0.2, 0.25) is 11.8 Å². The van der Waals surface area contributed by atoms with Gasteiger partial charge in [-0.15, -0.1) is 0 Å². The third-order valence-electron chi connectivity index (χ3n) is 4.37. The fourth-order valence-electron chi connectivity index (χ4n) is 2.68. The van der Waals surface area contributed by atoms with Crippen molar-refractivity contribution in [2.24, 2.45) is 5.73 Å². The van der Waals surface area contributed by atoms with Crippen LogP contribution < -0.4 is 5.73 Å². The lowest BCUT2D eigenvalue weighted by Gasteiger charge is -2.37. The molecule has 8 nitrogen and oxygen atoms in total. The normalized spacial score (nSPS) is 18.9. The Morgan fingerprint density at radius 2 is 2.09 bits per heavy atom. The summed E-state index contributed by atoms with van der Waals surface area (Å²) >= 11 is 0. The van der Waals surface area contributed by atoms with Crippen LogP contribution in [-0.4, -0.2) is 71.8 Å². The molecule has 1 aromatic heterocycles. The van der Waals surface area contributed by atoms with Crippen molar-refractivity contribution >= 4 is 5.91 Å². The number of nitrogens with two attached hydrogens (primary N) is 1. The van der Waals surface area contributed by atoms with Gasteiger partial charge < -0.3 is 19.9 Å². The zero-order valence-electron chi connectivity index (χ0n) is 14.2. The fraction of sp³-hybridized carbons (Fsp3) is 0.800. The Balaban J connectivity index is 1.84. The molecule has 1 aliphatic heterocycles. The molecule has 23 heavy (non-hydrogen) atoms. The van der Waals surface area contributed by atoms with Crippen LogP contribution in [0.2, 0.25) is 0 Å². The first-order valence-electron chi connectivity index (χ1n) is 8.16. The van der Waals surface area contributed by atoms with Gasteiger partial charge in [0, 0.05) is 46.3 Å². The predicted octanol–water partition coefficient (Wildman–Crippen LogP) is 0.201. The maximum absolute atomic E-state index is 12.2. The number of nitrogens with zero attached hydrogens (tertiary/aromatic N) is 4. The highest BCUT2D eigenvalue weighted by Crippen LogP contribution is 2.20. The van der Waals surface area contributed by atoms with Crippen molar-refractivity contribution in [1.29, 1.82) is 0 Å². The molecule has 0 radical (unpaired) electrons. The van der Waals surface area contributed by atoms with Gasteiger partial charge in [-0.3, -0.25) is 9.69 Å². The van der Waals surface area contributed by atoms with Crippen molar-refractivity contribution in [2.45, 2.75) is 38.8 Å². The lowest BCUT2D eigenvalue weighted by atomic mass is 10.2. The van der Waals surface area contributed by atoms with Crippen LogP contribution in [0.15, 0.2) is 4.52 Å². The Labute approximate surface area is 136 Å². The van der Waals surface area contributed by atoms with E-state index in [2.05, 4.69) is 22.0 Å². The molecule has 0 aliphatic carbocycles. The topological polar surface area (TPSA) is 97.7 Å². The van der Waals surface area contributed by atoms with Crippen molar-refractivity contribution in [3.8, 4) is 0 Å². The first kappa shape index (κ1) is 17.8. The number of hydrogen-bond donors (Lipinski definition) is 1. The van der Waals surface area contributed by atoms with Gasteiger partial charge in [-0.05, 0) is 6.92 Å². The van der Waals surface area contributed by atoms with Crippen LogP contribution >= 0.6 is 0 Å². The minimum atomic E-state index is -0.203. The standard InChI is InChI=1S/C15H27N5O3/c1-4-13-17-15(23-18-13)11(2)19-5-7-20(8-6-19)14(21)9-12(10-16)22-3/h11-12H,4-10,16H2,1-3H3. The van der Waals surface area contributed by atoms with Crippen LogP contribution in [0.5, 0.6) is 0 Å². The van der Waals surface area contributed by atoms with Gasteiger partial charge in [-0.2, -0.15) is 4.98 Å². The van der Waals surface area contributed by atoms with Gasteiger partial charge in [0.1, 0.15) is 0 Å². The van der Waals surface area contributed by atoms with Crippen LogP contribution in [-0.2, 0) is 16.0 Å². The Morgan fingerprint density at radius 3 is 2.61 bits per heavy atom. The molecule has 1 aliphatic rings. The third kappa shape index (κ3) is 4.49. The summed E-state index contributed by atoms with van der Waals surface area (Å²) in [6.07, 6.45) is 0.900. The number of aryl methyl sites for hydroxylation is 1. The van der Waals surface area contributed by atoms with E-state index in [1.807, 2.05) is 11.8 Å². The van der Waals surface area contributed by atoms with E-state index < -0.39 is 0 Å². The van der Waals surface area contributed by atoms with E-state index >= 15 is 0 Å². The predicted molar refractivity (Wildman–Crippen MR) is 84.7 cm³/mol. The summed E-state index contributed by atoms with van der Waals surface area (Å²) in [5, 5.41) is 3.94. The average Bonchev–Trinajstić information content (AvgIpc) is 3.08. The fourth-order valence-corrected chi connectivity index (χ4v) is 2.68. The van der Waals surface area contributed by atoms with Crippen LogP contribution in [0.3, 0.4) is 0 Å². The number of carbonyl (C=O) groups is 1. The SMILES string of the molecule is CCc1noc(C(C)N2CCN(C(=O)CC(CN)OC)CC2)n1. The van der Waals surface area contributed by atoms with Crippen molar-refractivity contribution in [3.63, 3.8) is 0 Å². The molecule has 2 atom stereocenters. The molecule has 1 fully saturated rings. The van der Waals surface area contributed by atoms with Gasteiger partial charge in [0.05, 0.1) is 18.6 Å². The molecule has 1 saturated heterocycles. The number of rotatable bonds is 7. The summed E-state index contributed by atoms with van der Waals surface area (Å²) < 4.78 is 10.5. The molecule has 0 saturated carbocycles. The van der Waals surface area contributed by atoms with Gasteiger partial charge in [-0.25, -0.2) is 0 Å². The van der Waals surface area contributed by atoms with Crippen LogP contribution in [0, 0.1) is 0 Å². The second kappa shape index (κ2) is 8.37. The molecular weight excluding hydrogens is 298 g/mol. The third-order valence-corrected chi connectivity index (χ3v) is 4.37. The van der Waals surface area contributed by atoms with E-state index in [1.165, 1.54) is 0 Å². The van der Waals surface area contributed by atoms with Crippen molar-refractivity contribution in [3.05, 3.63) is 11.7 Å². The monoisotopic (exact) mass is 325 g/mol. The maximum atomic E-state index is 12.2. The number of aromatic nitrogens is 2. The highest BCUT2D eigenvalue weighted by molar-refractivity contribution is 5.76. The zero-order valence-corrected chi connectivity index (χ0v) is 14.2. The van der Waals surface area contributed by atoms with Crippen molar-refractivity contribution in [1.82, 2.24) is 19.9 Å². The Kier molecular flexibility index (Phi) is 6.49. The lowest BCUT2D eigenvalue weighted by Crippen LogP contribution is -2.50. The van der Waals surface area contributed by atoms with Gasteiger partial charge in [0.25, 0.3) is 0 Å². The second-order valence-electron chi connectivity index (χ2n) is 5.79. The molecule has 1 aromatic rings. The quantitative estimate of drug-likeness (QED) is 0.764. The molecule has 2 heterocycles. The van der Waals surface area contributed by atoms with Gasteiger partial charge >= 0.3 is 0 Å². The molecule has 2 N–H and O–H groups in total. The number of amides is 1. The molecule has 2 rings (SSSR count). The lowest BCUT2D eigenvalue weighted by molar-refractivity contribution is -0.135. The van der Waals surface area contributed by atoms with Crippen molar-refractivity contribution < 1.29 is 14.1 Å². The summed E-state index contributed by atoms with van der Waals surface area (Å²) in [4.78, 5) is 20.8. The Morgan fingerprint density at radius 1 is 1.39 bits per heavy atom. The number of methoxy groups -OCH3 is 1. The molecule has 0 spiro atoms. The van der Waals surface area contributed by atoms with E-state index in [1.54, 1.807) is 7.11 Å². The highest BCUT2D eigenvalue weighted by Gasteiger charge is 2.28. The Bertz CT molecular complexity index is 495. The number of ether oxygens (including phenoxy) is 1. The first-order chi connectivity index (χ1) is 11.1. The molecule has 8 heteroatoms. The van der Waals surface area contributed by atoms with E-state index in [-0.39, 0.29) is 18.1 Å². The zero-order chi connectivity index (χ0) is 16.8. The number of carbonyl (C=O) groups excluding carboxylic acids is 1. The van der Waals surface area contributed by atoms with Crippen LogP contribution in [0.4, 0.5) is 0 Å². The largest absolute Gasteiger partial charge is 0.380 e. The summed E-state index contributed by atoms with van der Waals surface area (Å²) in [5.41, 5.74) is 5.57. The molecule has 1 amide bonds. The number of piperazine rings is 1. The summed E-state index contributed by atoms with van der Waals surface area (Å²) in [6, 6.07) is 0.0656. The van der Waals surface area contributed by atoms with Crippen LogP contribution in [0.1, 0.15) is 38.0 Å². The second-order valence-corrected chi connectivity index (χ2v) is 5.79. The summed E-state index contributed by atoms with van der Waals surface area (Å²) in [7, 11) is 1.58. The molecule has 0 bridgehead atoms. The van der Waals surface area contributed by atoms with E-state index in [9.17, 15) is 4.79 Å². The average molecular weight is 325 g/mol. The van der Waals surface area contributed by atoms with E-state index in [0.29, 0.717) is 31.9 Å². The van der Waals surface area contributed by atoms with Crippen LogP contribution in [0.25, 0.3) is 0 Å². The number of hydrogen-bond acceptors (Lipinski definition) is 7. The molecular formula is C15H27N5O3. The Hall–Kier alpha value is -1.51. The minimum Gasteiger partial charge on any atom is -0.380 e. The molecule has 130 valence electrons. The van der Waals surface area contributed by atoms with E-state index in [0.717, 1.165) is 25.3 Å². The smallest absolute Gasteiger partial charge is 0.243 e. The van der Waals surface area contributed by atoms with E-state index in [4.69, 9.17) is 15.0 Å². The maximum Gasteiger partial charge on any atom is 0.243 e. The minimum absolute atomic E-state index is 0.0656. The van der Waals surface area contributed by atoms with Gasteiger partial charge in [0.15, 0.2) is 5.82 Å². The first-order valence-corrected chi connectivity index (χ1v) is 8.16.